The van der Waals surface area contributed by atoms with Crippen LogP contribution >= 0.6 is 12.2 Å². The van der Waals surface area contributed by atoms with E-state index in [1.807, 2.05) is 37.3 Å². The first-order valence-corrected chi connectivity index (χ1v) is 9.25. The summed E-state index contributed by atoms with van der Waals surface area (Å²) < 4.78 is 19.5. The molecule has 0 radical (unpaired) electrons. The molecule has 0 bridgehead atoms. The summed E-state index contributed by atoms with van der Waals surface area (Å²) in [6.07, 6.45) is 0. The SMILES string of the molecule is Cc1ccc2oc(-c3ccc(NC(=S)NC(=O)c4ccccc4F)cc3)nc2c1. The van der Waals surface area contributed by atoms with Gasteiger partial charge in [0.15, 0.2) is 10.7 Å². The number of hydrogen-bond acceptors (Lipinski definition) is 4. The number of amides is 1. The van der Waals surface area contributed by atoms with E-state index in [1.54, 1.807) is 18.2 Å². The molecular formula is C22H16FN3O2S. The number of thiocarbonyl (C=S) groups is 1. The summed E-state index contributed by atoms with van der Waals surface area (Å²) in [6, 6.07) is 18.8. The minimum atomic E-state index is -0.612. The van der Waals surface area contributed by atoms with Gasteiger partial charge in [-0.25, -0.2) is 9.37 Å². The van der Waals surface area contributed by atoms with Crippen molar-refractivity contribution in [3.05, 3.63) is 83.7 Å². The van der Waals surface area contributed by atoms with Crippen LogP contribution in [0.15, 0.2) is 71.1 Å². The fourth-order valence-electron chi connectivity index (χ4n) is 2.84. The summed E-state index contributed by atoms with van der Waals surface area (Å²) in [4.78, 5) is 16.6. The predicted octanol–water partition coefficient (Wildman–Crippen LogP) is 5.07. The maximum atomic E-state index is 13.7. The third kappa shape index (κ3) is 4.14. The molecule has 0 saturated carbocycles. The van der Waals surface area contributed by atoms with Crippen molar-refractivity contribution >= 4 is 40.0 Å². The van der Waals surface area contributed by atoms with Crippen LogP contribution in [0.3, 0.4) is 0 Å². The predicted molar refractivity (Wildman–Crippen MR) is 114 cm³/mol. The monoisotopic (exact) mass is 405 g/mol. The van der Waals surface area contributed by atoms with Gasteiger partial charge in [-0.2, -0.15) is 0 Å². The summed E-state index contributed by atoms with van der Waals surface area (Å²) in [5.74, 6) is -0.697. The second kappa shape index (κ2) is 7.81. The van der Waals surface area contributed by atoms with Gasteiger partial charge < -0.3 is 9.73 Å². The highest BCUT2D eigenvalue weighted by atomic mass is 32.1. The lowest BCUT2D eigenvalue weighted by molar-refractivity contribution is 0.0974. The largest absolute Gasteiger partial charge is 0.436 e. The van der Waals surface area contributed by atoms with Crippen molar-refractivity contribution in [3.63, 3.8) is 0 Å². The zero-order valence-electron chi connectivity index (χ0n) is 15.4. The Balaban J connectivity index is 1.44. The average Bonchev–Trinajstić information content (AvgIpc) is 3.12. The van der Waals surface area contributed by atoms with Crippen LogP contribution in [0.4, 0.5) is 10.1 Å². The number of nitrogens with zero attached hydrogens (tertiary/aromatic N) is 1. The number of halogens is 1. The molecule has 2 N–H and O–H groups in total. The number of nitrogens with one attached hydrogen (secondary N) is 2. The van der Waals surface area contributed by atoms with Crippen molar-refractivity contribution in [3.8, 4) is 11.5 Å². The first-order chi connectivity index (χ1) is 14.0. The molecule has 7 heteroatoms. The lowest BCUT2D eigenvalue weighted by atomic mass is 10.2. The zero-order valence-corrected chi connectivity index (χ0v) is 16.2. The van der Waals surface area contributed by atoms with Crippen molar-refractivity contribution in [2.24, 2.45) is 0 Å². The first-order valence-electron chi connectivity index (χ1n) is 8.84. The fraction of sp³-hybridized carbons (Fsp3) is 0.0455. The van der Waals surface area contributed by atoms with Gasteiger partial charge in [-0.15, -0.1) is 0 Å². The van der Waals surface area contributed by atoms with Crippen LogP contribution in [0, 0.1) is 12.7 Å². The highest BCUT2D eigenvalue weighted by molar-refractivity contribution is 7.80. The number of oxazole rings is 1. The molecule has 1 aromatic heterocycles. The Morgan fingerprint density at radius 2 is 1.83 bits per heavy atom. The Labute approximate surface area is 171 Å². The number of carbonyl (C=O) groups excluding carboxylic acids is 1. The molecule has 29 heavy (non-hydrogen) atoms. The Morgan fingerprint density at radius 3 is 2.59 bits per heavy atom. The lowest BCUT2D eigenvalue weighted by Gasteiger charge is -2.10. The molecule has 0 saturated heterocycles. The van der Waals surface area contributed by atoms with E-state index in [2.05, 4.69) is 15.6 Å². The quantitative estimate of drug-likeness (QED) is 0.466. The van der Waals surface area contributed by atoms with E-state index >= 15 is 0 Å². The van der Waals surface area contributed by atoms with Gasteiger partial charge >= 0.3 is 0 Å². The van der Waals surface area contributed by atoms with E-state index < -0.39 is 11.7 Å². The molecule has 0 aliphatic rings. The highest BCUT2D eigenvalue weighted by Gasteiger charge is 2.13. The second-order valence-corrected chi connectivity index (χ2v) is 6.86. The van der Waals surface area contributed by atoms with Gasteiger partial charge in [-0.3, -0.25) is 10.1 Å². The number of fused-ring (bicyclic) bond motifs is 1. The Hall–Kier alpha value is -3.58. The van der Waals surface area contributed by atoms with E-state index in [1.165, 1.54) is 18.2 Å². The van der Waals surface area contributed by atoms with Crippen LogP contribution in [0.5, 0.6) is 0 Å². The topological polar surface area (TPSA) is 67.2 Å². The zero-order chi connectivity index (χ0) is 20.4. The number of benzene rings is 3. The molecule has 0 spiro atoms. The average molecular weight is 405 g/mol. The Kier molecular flexibility index (Phi) is 5.05. The molecule has 4 aromatic rings. The van der Waals surface area contributed by atoms with E-state index in [4.69, 9.17) is 16.6 Å². The number of aromatic nitrogens is 1. The van der Waals surface area contributed by atoms with Gasteiger partial charge in [0.05, 0.1) is 5.56 Å². The molecule has 4 rings (SSSR count). The number of anilines is 1. The number of hydrogen-bond donors (Lipinski definition) is 2. The number of aryl methyl sites for hydroxylation is 1. The fourth-order valence-corrected chi connectivity index (χ4v) is 3.05. The van der Waals surface area contributed by atoms with Crippen LogP contribution in [-0.4, -0.2) is 16.0 Å². The molecule has 0 unspecified atom stereocenters. The second-order valence-electron chi connectivity index (χ2n) is 6.46. The molecule has 0 aliphatic carbocycles. The molecule has 144 valence electrons. The molecular weight excluding hydrogens is 389 g/mol. The highest BCUT2D eigenvalue weighted by Crippen LogP contribution is 2.26. The van der Waals surface area contributed by atoms with E-state index in [-0.39, 0.29) is 10.7 Å². The van der Waals surface area contributed by atoms with Crippen molar-refractivity contribution in [1.29, 1.82) is 0 Å². The molecule has 1 amide bonds. The first kappa shape index (κ1) is 18.8. The van der Waals surface area contributed by atoms with E-state index in [9.17, 15) is 9.18 Å². The van der Waals surface area contributed by atoms with Gasteiger partial charge in [0.25, 0.3) is 5.91 Å². The lowest BCUT2D eigenvalue weighted by Crippen LogP contribution is -2.34. The van der Waals surface area contributed by atoms with Crippen LogP contribution in [0.1, 0.15) is 15.9 Å². The molecule has 0 aliphatic heterocycles. The molecule has 0 atom stereocenters. The third-order valence-electron chi connectivity index (χ3n) is 4.28. The van der Waals surface area contributed by atoms with Crippen molar-refractivity contribution in [2.75, 3.05) is 5.32 Å². The molecule has 5 nitrogen and oxygen atoms in total. The van der Waals surface area contributed by atoms with Crippen molar-refractivity contribution in [2.45, 2.75) is 6.92 Å². The Bertz CT molecular complexity index is 1220. The summed E-state index contributed by atoms with van der Waals surface area (Å²) in [7, 11) is 0. The van der Waals surface area contributed by atoms with Crippen molar-refractivity contribution in [1.82, 2.24) is 10.3 Å². The van der Waals surface area contributed by atoms with Gasteiger partial charge in [0.2, 0.25) is 5.89 Å². The number of rotatable bonds is 3. The van der Waals surface area contributed by atoms with Crippen LogP contribution in [0.2, 0.25) is 0 Å². The summed E-state index contributed by atoms with van der Waals surface area (Å²) >= 11 is 5.14. The van der Waals surface area contributed by atoms with Gasteiger partial charge in [-0.1, -0.05) is 18.2 Å². The van der Waals surface area contributed by atoms with Crippen LogP contribution < -0.4 is 10.6 Å². The molecule has 3 aromatic carbocycles. The number of carbonyl (C=O) groups is 1. The summed E-state index contributed by atoms with van der Waals surface area (Å²) in [5, 5.41) is 5.44. The minimum Gasteiger partial charge on any atom is -0.436 e. The smallest absolute Gasteiger partial charge is 0.260 e. The van der Waals surface area contributed by atoms with E-state index in [0.29, 0.717) is 11.6 Å². The standard InChI is InChI=1S/C22H16FN3O2S/c1-13-6-11-19-18(12-13)25-21(28-19)14-7-9-15(10-8-14)24-22(29)26-20(27)16-4-2-3-5-17(16)23/h2-12H,1H3,(H2,24,26,27,29). The molecule has 1 heterocycles. The van der Waals surface area contributed by atoms with E-state index in [0.717, 1.165) is 22.2 Å². The summed E-state index contributed by atoms with van der Waals surface area (Å²) in [5.41, 5.74) is 4.05. The Morgan fingerprint density at radius 1 is 1.07 bits per heavy atom. The maximum absolute atomic E-state index is 13.7. The van der Waals surface area contributed by atoms with Gasteiger partial charge in [-0.05, 0) is 73.2 Å². The van der Waals surface area contributed by atoms with Crippen LogP contribution in [0.25, 0.3) is 22.6 Å². The van der Waals surface area contributed by atoms with Gasteiger partial charge in [0.1, 0.15) is 11.3 Å². The van der Waals surface area contributed by atoms with Crippen LogP contribution in [-0.2, 0) is 0 Å². The van der Waals surface area contributed by atoms with Gasteiger partial charge in [0, 0.05) is 11.3 Å². The minimum absolute atomic E-state index is 0.0711. The normalized spacial score (nSPS) is 10.7. The third-order valence-corrected chi connectivity index (χ3v) is 4.48. The van der Waals surface area contributed by atoms with Crippen molar-refractivity contribution < 1.29 is 13.6 Å². The summed E-state index contributed by atoms with van der Waals surface area (Å²) in [6.45, 7) is 2.00. The maximum Gasteiger partial charge on any atom is 0.260 e. The molecule has 0 fully saturated rings.